The van der Waals surface area contributed by atoms with Crippen LogP contribution in [0.15, 0.2) is 70.8 Å². The quantitative estimate of drug-likeness (QED) is 0.391. The first kappa shape index (κ1) is 19.7. The molecule has 3 nitrogen and oxygen atoms in total. The van der Waals surface area contributed by atoms with E-state index >= 15 is 0 Å². The molecule has 0 heterocycles. The first-order valence-corrected chi connectivity index (χ1v) is 16.3. The molecule has 2 aromatic carbocycles. The topological polar surface area (TPSA) is 46.5 Å². The summed E-state index contributed by atoms with van der Waals surface area (Å²) < 4.78 is 10.4. The molecule has 2 fully saturated rings. The van der Waals surface area contributed by atoms with Crippen LogP contribution in [0.3, 0.4) is 0 Å². The van der Waals surface area contributed by atoms with E-state index in [1.165, 1.54) is 33.5 Å². The summed E-state index contributed by atoms with van der Waals surface area (Å²) in [5.74, 6) is 1.30. The molecule has 4 heteroatoms. The van der Waals surface area contributed by atoms with Gasteiger partial charge in [0.2, 0.25) is 0 Å². The zero-order valence-electron chi connectivity index (χ0n) is 16.3. The van der Waals surface area contributed by atoms with Crippen LogP contribution in [0.5, 0.6) is 0 Å². The SMILES string of the molecule is COC(=O)/C=[CH]\[Sn]([c]1ccccc1)([c]1ccccc1)[C@H]1[C@@H]2CC[C@@H](C2)[C@@H]1CO. The summed E-state index contributed by atoms with van der Waals surface area (Å²) >= 11 is -3.50. The third-order valence-electron chi connectivity index (χ3n) is 7.01. The summed E-state index contributed by atoms with van der Waals surface area (Å²) in [5, 5.41) is 10.4. The van der Waals surface area contributed by atoms with Crippen LogP contribution >= 0.6 is 0 Å². The van der Waals surface area contributed by atoms with E-state index in [1.54, 1.807) is 6.08 Å². The van der Waals surface area contributed by atoms with Gasteiger partial charge in [-0.25, -0.2) is 0 Å². The van der Waals surface area contributed by atoms with E-state index in [4.69, 9.17) is 4.74 Å². The number of carbonyl (C=O) groups is 1. The third kappa shape index (κ3) is 3.33. The standard InChI is InChI=1S/C8H13O.2C6H5.C4H5O2.Sn/c9-5-8-4-6-1-2-7(8)3-6;2*1-2-4-6-5-3-1;1-3-4(5)6-2;/h4,6-9H,1-3,5H2;2*1-5H;1,3H,2H3;/t6-,7+,8+;;;;/m1..../s1. The van der Waals surface area contributed by atoms with Crippen molar-refractivity contribution in [2.24, 2.45) is 17.8 Å². The average Bonchev–Trinajstić information content (AvgIpc) is 3.37. The normalized spacial score (nSPS) is 26.6. The van der Waals surface area contributed by atoms with Crippen LogP contribution in [0.1, 0.15) is 19.3 Å². The molecule has 4 rings (SSSR count). The monoisotopic (exact) mass is 484 g/mol. The number of aliphatic hydroxyl groups is 1. The summed E-state index contributed by atoms with van der Waals surface area (Å²) in [4.78, 5) is 12.1. The Bertz CT molecular complexity index is 794. The van der Waals surface area contributed by atoms with E-state index in [0.717, 1.165) is 0 Å². The predicted octanol–water partition coefficient (Wildman–Crippen LogP) is 2.93. The van der Waals surface area contributed by atoms with Crippen molar-refractivity contribution in [1.29, 1.82) is 0 Å². The van der Waals surface area contributed by atoms with Gasteiger partial charge in [0, 0.05) is 0 Å². The van der Waals surface area contributed by atoms with E-state index in [2.05, 4.69) is 64.8 Å². The van der Waals surface area contributed by atoms with Crippen molar-refractivity contribution in [3.63, 3.8) is 0 Å². The molecule has 2 aliphatic carbocycles. The number of ether oxygens (including phenoxy) is 1. The number of carbonyl (C=O) groups excluding carboxylic acids is 1. The van der Waals surface area contributed by atoms with Gasteiger partial charge < -0.3 is 0 Å². The van der Waals surface area contributed by atoms with E-state index in [1.807, 2.05) is 0 Å². The molecule has 2 aliphatic rings. The first-order chi connectivity index (χ1) is 13.7. The summed E-state index contributed by atoms with van der Waals surface area (Å²) in [6.07, 6.45) is 5.37. The molecular weight excluding hydrogens is 455 g/mol. The van der Waals surface area contributed by atoms with Crippen molar-refractivity contribution < 1.29 is 14.6 Å². The molecule has 0 aliphatic heterocycles. The Morgan fingerprint density at radius 2 is 1.61 bits per heavy atom. The van der Waals surface area contributed by atoms with Gasteiger partial charge in [0.05, 0.1) is 0 Å². The molecule has 0 spiro atoms. The molecule has 146 valence electrons. The number of aliphatic hydroxyl groups excluding tert-OH is 1. The Balaban J connectivity index is 1.95. The minimum absolute atomic E-state index is 0.246. The molecule has 0 amide bonds. The van der Waals surface area contributed by atoms with Gasteiger partial charge >= 0.3 is 172 Å². The van der Waals surface area contributed by atoms with Gasteiger partial charge in [-0.1, -0.05) is 0 Å². The second-order valence-electron chi connectivity index (χ2n) is 8.16. The molecule has 2 aromatic rings. The molecule has 0 radical (unpaired) electrons. The van der Waals surface area contributed by atoms with Crippen LogP contribution in [0.2, 0.25) is 3.93 Å². The van der Waals surface area contributed by atoms with Crippen LogP contribution in [-0.4, -0.2) is 43.2 Å². The first-order valence-electron chi connectivity index (χ1n) is 10.2. The zero-order valence-corrected chi connectivity index (χ0v) is 19.2. The van der Waals surface area contributed by atoms with Gasteiger partial charge in [-0.3, -0.25) is 0 Å². The van der Waals surface area contributed by atoms with Gasteiger partial charge in [-0.05, 0) is 0 Å². The Morgan fingerprint density at radius 1 is 1.04 bits per heavy atom. The number of hydrogen-bond donors (Lipinski definition) is 1. The number of hydrogen-bond acceptors (Lipinski definition) is 3. The van der Waals surface area contributed by atoms with E-state index in [-0.39, 0.29) is 12.6 Å². The maximum atomic E-state index is 12.1. The van der Waals surface area contributed by atoms with Gasteiger partial charge in [0.1, 0.15) is 0 Å². The Labute approximate surface area is 171 Å². The van der Waals surface area contributed by atoms with Gasteiger partial charge in [0.15, 0.2) is 0 Å². The van der Waals surface area contributed by atoms with Crippen molar-refractivity contribution in [1.82, 2.24) is 0 Å². The van der Waals surface area contributed by atoms with E-state index in [0.29, 0.717) is 21.7 Å². The fourth-order valence-electron chi connectivity index (χ4n) is 5.93. The molecule has 2 saturated carbocycles. The molecule has 2 bridgehead atoms. The fourth-order valence-corrected chi connectivity index (χ4v) is 22.2. The second-order valence-corrected chi connectivity index (χ2v) is 19.3. The summed E-state index contributed by atoms with van der Waals surface area (Å²) in [6, 6.07) is 21.5. The fraction of sp³-hybridized carbons (Fsp3) is 0.375. The summed E-state index contributed by atoms with van der Waals surface area (Å²) in [6.45, 7) is 0.246. The zero-order chi connectivity index (χ0) is 19.6. The van der Waals surface area contributed by atoms with Crippen molar-refractivity contribution in [2.75, 3.05) is 13.7 Å². The van der Waals surface area contributed by atoms with Gasteiger partial charge in [-0.15, -0.1) is 0 Å². The molecule has 0 unspecified atom stereocenters. The maximum absolute atomic E-state index is 12.1. The number of methoxy groups -OCH3 is 1. The van der Waals surface area contributed by atoms with Crippen LogP contribution in [0.4, 0.5) is 0 Å². The Hall–Kier alpha value is -1.59. The summed E-state index contributed by atoms with van der Waals surface area (Å²) in [5.41, 5.74) is 0. The van der Waals surface area contributed by atoms with Crippen molar-refractivity contribution in [3.05, 3.63) is 70.8 Å². The second kappa shape index (κ2) is 8.42. The minimum atomic E-state index is -3.50. The molecule has 28 heavy (non-hydrogen) atoms. The Morgan fingerprint density at radius 3 is 2.14 bits per heavy atom. The van der Waals surface area contributed by atoms with Crippen LogP contribution in [-0.2, 0) is 9.53 Å². The van der Waals surface area contributed by atoms with Crippen molar-refractivity contribution in [3.8, 4) is 0 Å². The predicted molar refractivity (Wildman–Crippen MR) is 114 cm³/mol. The summed E-state index contributed by atoms with van der Waals surface area (Å²) in [7, 11) is 1.43. The molecule has 4 atom stereocenters. The van der Waals surface area contributed by atoms with Gasteiger partial charge in [0.25, 0.3) is 0 Å². The van der Waals surface area contributed by atoms with E-state index in [9.17, 15) is 9.90 Å². The molecular formula is C24H28O3Sn. The molecule has 0 aromatic heterocycles. The van der Waals surface area contributed by atoms with E-state index < -0.39 is 18.4 Å². The number of rotatable bonds is 6. The van der Waals surface area contributed by atoms with Crippen molar-refractivity contribution in [2.45, 2.75) is 23.2 Å². The Kier molecular flexibility index (Phi) is 5.93. The van der Waals surface area contributed by atoms with Gasteiger partial charge in [-0.2, -0.15) is 0 Å². The van der Waals surface area contributed by atoms with Crippen LogP contribution < -0.4 is 7.16 Å². The average molecular weight is 483 g/mol. The van der Waals surface area contributed by atoms with Crippen molar-refractivity contribution >= 4 is 31.5 Å². The van der Waals surface area contributed by atoms with Crippen LogP contribution in [0.25, 0.3) is 0 Å². The number of esters is 1. The number of fused-ring (bicyclic) bond motifs is 2. The van der Waals surface area contributed by atoms with Crippen LogP contribution in [0, 0.1) is 17.8 Å². The molecule has 1 N–H and O–H groups in total. The number of benzene rings is 2. The molecule has 0 saturated heterocycles. The third-order valence-corrected chi connectivity index (χ3v) is 21.9.